The molecule has 0 bridgehead atoms. The molecule has 0 saturated heterocycles. The zero-order chi connectivity index (χ0) is 19.8. The van der Waals surface area contributed by atoms with Gasteiger partial charge in [0, 0.05) is 11.8 Å². The van der Waals surface area contributed by atoms with Gasteiger partial charge in [-0.2, -0.15) is 0 Å². The predicted molar refractivity (Wildman–Crippen MR) is 100 cm³/mol. The Kier molecular flexibility index (Phi) is 4.74. The summed E-state index contributed by atoms with van der Waals surface area (Å²) in [5.41, 5.74) is 1.35. The van der Waals surface area contributed by atoms with Gasteiger partial charge in [-0.1, -0.05) is 49.8 Å². The van der Waals surface area contributed by atoms with Gasteiger partial charge in [-0.3, -0.25) is 19.1 Å². The fraction of sp³-hybridized carbons (Fsp3) is 0.286. The molecule has 0 radical (unpaired) electrons. The lowest BCUT2D eigenvalue weighted by Crippen LogP contribution is -2.48. The molecule has 0 aliphatic carbocycles. The van der Waals surface area contributed by atoms with Gasteiger partial charge < -0.3 is 5.11 Å². The number of rotatable bonds is 5. The highest BCUT2D eigenvalue weighted by molar-refractivity contribution is 6.09. The normalized spacial score (nSPS) is 19.3. The highest BCUT2D eigenvalue weighted by atomic mass is 16.4. The molecule has 2 heterocycles. The summed E-state index contributed by atoms with van der Waals surface area (Å²) in [5.74, 6) is -0.367. The number of nitrogens with zero attached hydrogens (tertiary/aromatic N) is 2. The Morgan fingerprint density at radius 1 is 1.19 bits per heavy atom. The lowest BCUT2D eigenvalue weighted by Gasteiger charge is -2.41. The monoisotopic (exact) mass is 366 g/mol. The fourth-order valence-corrected chi connectivity index (χ4v) is 3.81. The number of allylic oxidation sites excluding steroid dienone is 1. The average Bonchev–Trinajstić information content (AvgIpc) is 3.26. The Balaban J connectivity index is 2.08. The van der Waals surface area contributed by atoms with Crippen LogP contribution in [0.25, 0.3) is 0 Å². The van der Waals surface area contributed by atoms with Crippen molar-refractivity contribution in [1.29, 1.82) is 0 Å². The smallest absolute Gasteiger partial charge is 0.415 e. The topological polar surface area (TPSA) is 79.6 Å². The Morgan fingerprint density at radius 2 is 1.85 bits per heavy atom. The molecule has 27 heavy (non-hydrogen) atoms. The number of Topliss-reactive ketones (excluding diaryl/α,β-unsaturated/α-hetero) is 1. The third kappa shape index (κ3) is 2.87. The standard InChI is InChI=1S/C21H22N2O4/c1-14(2)21(18-5-4-12-22(18)20(26)27)11-10-17(23(21)13-24)19(25)16-8-6-15(3)7-9-16/h4-10,12-14H,11H2,1-3H3,(H,26,27). The molecule has 1 unspecified atom stereocenters. The molecule has 1 aromatic heterocycles. The lowest BCUT2D eigenvalue weighted by molar-refractivity contribution is -0.122. The van der Waals surface area contributed by atoms with Crippen LogP contribution in [0.5, 0.6) is 0 Å². The van der Waals surface area contributed by atoms with Crippen molar-refractivity contribution in [2.45, 2.75) is 32.7 Å². The number of hydrogen-bond acceptors (Lipinski definition) is 3. The molecule has 0 fully saturated rings. The van der Waals surface area contributed by atoms with Crippen LogP contribution in [0.2, 0.25) is 0 Å². The van der Waals surface area contributed by atoms with Crippen LogP contribution in [0.1, 0.15) is 41.9 Å². The molecule has 1 atom stereocenters. The number of carboxylic acid groups (broad SMARTS) is 1. The number of carbonyl (C=O) groups is 3. The maximum atomic E-state index is 13.0. The van der Waals surface area contributed by atoms with E-state index >= 15 is 0 Å². The van der Waals surface area contributed by atoms with E-state index in [0.29, 0.717) is 24.1 Å². The maximum Gasteiger partial charge on any atom is 0.415 e. The van der Waals surface area contributed by atoms with Gasteiger partial charge in [0.25, 0.3) is 0 Å². The number of aromatic nitrogens is 1. The van der Waals surface area contributed by atoms with Crippen molar-refractivity contribution in [2.24, 2.45) is 5.92 Å². The van der Waals surface area contributed by atoms with E-state index in [0.717, 1.165) is 10.1 Å². The summed E-state index contributed by atoms with van der Waals surface area (Å²) in [6.45, 7) is 5.77. The number of ketones is 1. The van der Waals surface area contributed by atoms with Gasteiger partial charge in [-0.05, 0) is 31.4 Å². The molecule has 2 aromatic rings. The van der Waals surface area contributed by atoms with Crippen LogP contribution in [0, 0.1) is 12.8 Å². The van der Waals surface area contributed by atoms with E-state index < -0.39 is 11.6 Å². The van der Waals surface area contributed by atoms with Gasteiger partial charge >= 0.3 is 6.09 Å². The van der Waals surface area contributed by atoms with Crippen molar-refractivity contribution in [3.8, 4) is 0 Å². The van der Waals surface area contributed by atoms with Gasteiger partial charge in [-0.25, -0.2) is 4.79 Å². The zero-order valence-corrected chi connectivity index (χ0v) is 15.5. The van der Waals surface area contributed by atoms with Crippen molar-refractivity contribution in [3.63, 3.8) is 0 Å². The van der Waals surface area contributed by atoms with Crippen molar-refractivity contribution in [1.82, 2.24) is 9.47 Å². The van der Waals surface area contributed by atoms with Crippen molar-refractivity contribution in [2.75, 3.05) is 0 Å². The van der Waals surface area contributed by atoms with E-state index in [1.165, 1.54) is 11.1 Å². The van der Waals surface area contributed by atoms with E-state index in [4.69, 9.17) is 0 Å². The number of hydrogen-bond donors (Lipinski definition) is 1. The van der Waals surface area contributed by atoms with Crippen LogP contribution in [0.3, 0.4) is 0 Å². The van der Waals surface area contributed by atoms with Crippen LogP contribution in [0.4, 0.5) is 4.79 Å². The summed E-state index contributed by atoms with van der Waals surface area (Å²) in [5, 5.41) is 9.52. The summed E-state index contributed by atoms with van der Waals surface area (Å²) >= 11 is 0. The first kappa shape index (κ1) is 18.6. The third-order valence-electron chi connectivity index (χ3n) is 5.30. The largest absolute Gasteiger partial charge is 0.464 e. The predicted octanol–water partition coefficient (Wildman–Crippen LogP) is 3.80. The second-order valence-electron chi connectivity index (χ2n) is 7.09. The molecule has 0 saturated carbocycles. The van der Waals surface area contributed by atoms with E-state index in [1.807, 2.05) is 32.9 Å². The molecule has 3 rings (SSSR count). The number of benzene rings is 1. The molecule has 1 N–H and O–H groups in total. The zero-order valence-electron chi connectivity index (χ0n) is 15.5. The van der Waals surface area contributed by atoms with Gasteiger partial charge in [0.1, 0.15) is 0 Å². The third-order valence-corrected chi connectivity index (χ3v) is 5.30. The molecule has 0 spiro atoms. The minimum Gasteiger partial charge on any atom is -0.464 e. The Labute approximate surface area is 157 Å². The first-order valence-corrected chi connectivity index (χ1v) is 8.80. The minimum absolute atomic E-state index is 0.115. The second kappa shape index (κ2) is 6.87. The molecule has 140 valence electrons. The molecular weight excluding hydrogens is 344 g/mol. The van der Waals surface area contributed by atoms with Gasteiger partial charge in [0.05, 0.1) is 16.9 Å². The molecule has 1 aliphatic rings. The minimum atomic E-state index is -1.13. The number of amides is 1. The highest BCUT2D eigenvalue weighted by Gasteiger charge is 2.49. The van der Waals surface area contributed by atoms with E-state index in [2.05, 4.69) is 0 Å². The molecular formula is C21H22N2O4. The first-order valence-electron chi connectivity index (χ1n) is 8.80. The average molecular weight is 366 g/mol. The van der Waals surface area contributed by atoms with E-state index in [-0.39, 0.29) is 17.4 Å². The number of aryl methyl sites for hydroxylation is 1. The van der Waals surface area contributed by atoms with E-state index in [9.17, 15) is 19.5 Å². The van der Waals surface area contributed by atoms with Crippen molar-refractivity contribution < 1.29 is 19.5 Å². The summed E-state index contributed by atoms with van der Waals surface area (Å²) in [6.07, 6.45) is 3.05. The van der Waals surface area contributed by atoms with Gasteiger partial charge in [0.15, 0.2) is 0 Å². The molecule has 1 aromatic carbocycles. The highest BCUT2D eigenvalue weighted by Crippen LogP contribution is 2.46. The summed E-state index contributed by atoms with van der Waals surface area (Å²) in [4.78, 5) is 38.2. The summed E-state index contributed by atoms with van der Waals surface area (Å²) < 4.78 is 1.11. The van der Waals surface area contributed by atoms with E-state index in [1.54, 1.807) is 30.3 Å². The molecule has 1 aliphatic heterocycles. The fourth-order valence-electron chi connectivity index (χ4n) is 3.81. The lowest BCUT2D eigenvalue weighted by atomic mass is 9.80. The van der Waals surface area contributed by atoms with Crippen LogP contribution >= 0.6 is 0 Å². The van der Waals surface area contributed by atoms with Gasteiger partial charge in [-0.15, -0.1) is 0 Å². The quantitative estimate of drug-likeness (QED) is 0.645. The summed E-state index contributed by atoms with van der Waals surface area (Å²) in [6, 6.07) is 10.5. The van der Waals surface area contributed by atoms with Crippen LogP contribution in [-0.2, 0) is 10.3 Å². The number of carbonyl (C=O) groups excluding carboxylic acids is 2. The SMILES string of the molecule is Cc1ccc(C(=O)C2=CCC(c3cccn3C(=O)O)(C(C)C)N2C=O)cc1. The maximum absolute atomic E-state index is 13.0. The van der Waals surface area contributed by atoms with Crippen LogP contribution in [-0.4, -0.2) is 32.9 Å². The second-order valence-corrected chi connectivity index (χ2v) is 7.09. The first-order chi connectivity index (χ1) is 12.8. The van der Waals surface area contributed by atoms with Crippen molar-refractivity contribution >= 4 is 18.3 Å². The Morgan fingerprint density at radius 3 is 2.41 bits per heavy atom. The Hall–Kier alpha value is -3.15. The summed E-state index contributed by atoms with van der Waals surface area (Å²) in [7, 11) is 0. The van der Waals surface area contributed by atoms with Crippen molar-refractivity contribution in [3.05, 3.63) is 71.2 Å². The molecule has 6 nitrogen and oxygen atoms in total. The molecule has 6 heteroatoms. The Bertz CT molecular complexity index is 924. The molecule has 1 amide bonds. The van der Waals surface area contributed by atoms with Crippen LogP contribution in [0.15, 0.2) is 54.4 Å². The van der Waals surface area contributed by atoms with Crippen LogP contribution < -0.4 is 0 Å². The van der Waals surface area contributed by atoms with Gasteiger partial charge in [0.2, 0.25) is 12.2 Å².